The van der Waals surface area contributed by atoms with Crippen LogP contribution in [0.1, 0.15) is 65.1 Å². The molecule has 2 N–H and O–H groups in total. The lowest BCUT2D eigenvalue weighted by Crippen LogP contribution is -2.35. The monoisotopic (exact) mass is 620 g/mol. The third kappa shape index (κ3) is 7.29. The van der Waals surface area contributed by atoms with E-state index in [1.807, 2.05) is 20.8 Å². The van der Waals surface area contributed by atoms with E-state index >= 15 is 0 Å². The number of hydrogen-bond acceptors (Lipinski definition) is 9. The average Bonchev–Trinajstić information content (AvgIpc) is 3.23. The van der Waals surface area contributed by atoms with Crippen molar-refractivity contribution in [1.82, 2.24) is 10.2 Å². The molecule has 2 aromatic rings. The number of anilines is 1. The SMILES string of the molecule is CCOc1cc2c(cc1C(=O)NC)C(=N)N(CC(=O)c1cc(OC)c(N(C)CC(=O)OC(=O)C(F)(F)F)c(C(C)(C)C)c1)C2. The zero-order chi connectivity index (χ0) is 33.1. The quantitative estimate of drug-likeness (QED) is 0.231. The number of amides is 1. The number of ketones is 1. The van der Waals surface area contributed by atoms with Crippen LogP contribution in [0.5, 0.6) is 11.5 Å². The number of rotatable bonds is 10. The van der Waals surface area contributed by atoms with Crippen molar-refractivity contribution >= 4 is 35.2 Å². The molecule has 11 nitrogen and oxygen atoms in total. The summed E-state index contributed by atoms with van der Waals surface area (Å²) in [6.45, 7) is 6.98. The van der Waals surface area contributed by atoms with E-state index in [1.165, 1.54) is 32.2 Å². The Morgan fingerprint density at radius 2 is 1.73 bits per heavy atom. The van der Waals surface area contributed by atoms with E-state index in [0.717, 1.165) is 5.56 Å². The molecule has 0 unspecified atom stereocenters. The molecule has 1 aliphatic heterocycles. The fourth-order valence-electron chi connectivity index (χ4n) is 4.77. The second-order valence-corrected chi connectivity index (χ2v) is 11.1. The highest BCUT2D eigenvalue weighted by Gasteiger charge is 2.42. The maximum atomic E-state index is 13.6. The molecule has 2 aromatic carbocycles. The molecule has 0 saturated carbocycles. The predicted octanol–water partition coefficient (Wildman–Crippen LogP) is 3.84. The van der Waals surface area contributed by atoms with Crippen molar-refractivity contribution in [3.05, 3.63) is 52.1 Å². The van der Waals surface area contributed by atoms with E-state index < -0.39 is 30.1 Å². The van der Waals surface area contributed by atoms with Gasteiger partial charge in [-0.3, -0.25) is 15.0 Å². The standard InChI is InChI=1S/C30H35F3N4O7/c1-8-43-22-11-17-13-37(26(34)18(17)12-19(22)27(40)35-5)14-21(38)16-9-20(29(2,3)4)25(23(10-16)42-7)36(6)15-24(39)44-28(41)30(31,32)33/h9-12,34H,8,13-15H2,1-7H3,(H,35,40). The highest BCUT2D eigenvalue weighted by Crippen LogP contribution is 2.40. The van der Waals surface area contributed by atoms with E-state index in [2.05, 4.69) is 10.1 Å². The first-order valence-electron chi connectivity index (χ1n) is 13.6. The van der Waals surface area contributed by atoms with Gasteiger partial charge in [0, 0.05) is 31.8 Å². The topological polar surface area (TPSA) is 138 Å². The van der Waals surface area contributed by atoms with Crippen molar-refractivity contribution in [1.29, 1.82) is 5.41 Å². The summed E-state index contributed by atoms with van der Waals surface area (Å²) >= 11 is 0. The number of methoxy groups -OCH3 is 1. The molecular formula is C30H35F3N4O7. The third-order valence-electron chi connectivity index (χ3n) is 6.85. The molecule has 0 radical (unpaired) electrons. The van der Waals surface area contributed by atoms with Crippen molar-refractivity contribution in [2.45, 2.75) is 45.8 Å². The molecule has 1 aliphatic rings. The van der Waals surface area contributed by atoms with E-state index in [4.69, 9.17) is 14.9 Å². The zero-order valence-electron chi connectivity index (χ0n) is 25.5. The van der Waals surface area contributed by atoms with Gasteiger partial charge < -0.3 is 29.3 Å². The van der Waals surface area contributed by atoms with Gasteiger partial charge in [-0.2, -0.15) is 13.2 Å². The average molecular weight is 621 g/mol. The molecular weight excluding hydrogens is 585 g/mol. The van der Waals surface area contributed by atoms with Crippen molar-refractivity contribution in [3.8, 4) is 11.5 Å². The van der Waals surface area contributed by atoms with Crippen LogP contribution in [-0.2, 0) is 26.3 Å². The first-order valence-corrected chi connectivity index (χ1v) is 13.6. The van der Waals surface area contributed by atoms with Crippen LogP contribution in [0.25, 0.3) is 0 Å². The molecule has 44 heavy (non-hydrogen) atoms. The summed E-state index contributed by atoms with van der Waals surface area (Å²) in [5.74, 6) is -4.16. The number of halogens is 3. The number of likely N-dealkylation sites (N-methyl/N-ethyl adjacent to an activating group) is 1. The van der Waals surface area contributed by atoms with Gasteiger partial charge in [-0.05, 0) is 47.7 Å². The Morgan fingerprint density at radius 3 is 2.27 bits per heavy atom. The number of fused-ring (bicyclic) bond motifs is 1. The summed E-state index contributed by atoms with van der Waals surface area (Å²) in [4.78, 5) is 52.1. The van der Waals surface area contributed by atoms with Crippen LogP contribution >= 0.6 is 0 Å². The fourth-order valence-corrected chi connectivity index (χ4v) is 4.77. The maximum Gasteiger partial charge on any atom is 0.491 e. The van der Waals surface area contributed by atoms with Gasteiger partial charge in [-0.25, -0.2) is 9.59 Å². The molecule has 3 rings (SSSR count). The number of amidine groups is 1. The Morgan fingerprint density at radius 1 is 1.07 bits per heavy atom. The Hall–Kier alpha value is -4.62. The van der Waals surface area contributed by atoms with Crippen LogP contribution in [0.15, 0.2) is 24.3 Å². The number of carbonyl (C=O) groups is 4. The molecule has 0 spiro atoms. The number of nitrogens with zero attached hydrogens (tertiary/aromatic N) is 2. The Kier molecular flexibility index (Phi) is 9.96. The predicted molar refractivity (Wildman–Crippen MR) is 155 cm³/mol. The number of carbonyl (C=O) groups excluding carboxylic acids is 4. The zero-order valence-corrected chi connectivity index (χ0v) is 25.5. The van der Waals surface area contributed by atoms with Crippen LogP contribution < -0.4 is 19.7 Å². The Balaban J connectivity index is 1.91. The minimum absolute atomic E-state index is 0.0628. The lowest BCUT2D eigenvalue weighted by Gasteiger charge is -2.30. The summed E-state index contributed by atoms with van der Waals surface area (Å²) in [5, 5.41) is 11.3. The van der Waals surface area contributed by atoms with E-state index in [1.54, 1.807) is 30.0 Å². The molecule has 1 amide bonds. The number of ether oxygens (including phenoxy) is 3. The van der Waals surface area contributed by atoms with Gasteiger partial charge in [-0.1, -0.05) is 20.8 Å². The first-order chi connectivity index (χ1) is 20.4. The number of benzene rings is 2. The highest BCUT2D eigenvalue weighted by molar-refractivity contribution is 6.08. The van der Waals surface area contributed by atoms with Gasteiger partial charge in [0.25, 0.3) is 5.91 Å². The summed E-state index contributed by atoms with van der Waals surface area (Å²) in [7, 11) is 4.25. The highest BCUT2D eigenvalue weighted by atomic mass is 19.4. The van der Waals surface area contributed by atoms with Gasteiger partial charge in [0.1, 0.15) is 23.9 Å². The largest absolute Gasteiger partial charge is 0.495 e. The van der Waals surface area contributed by atoms with Crippen molar-refractivity contribution < 1.29 is 46.6 Å². The molecule has 1 heterocycles. The molecule has 0 aliphatic carbocycles. The number of esters is 2. The van der Waals surface area contributed by atoms with E-state index in [0.29, 0.717) is 29.2 Å². The van der Waals surface area contributed by atoms with Gasteiger partial charge in [0.15, 0.2) is 5.78 Å². The maximum absolute atomic E-state index is 13.6. The van der Waals surface area contributed by atoms with Crippen molar-refractivity contribution in [2.75, 3.05) is 45.8 Å². The van der Waals surface area contributed by atoms with Crippen LogP contribution in [0.4, 0.5) is 18.9 Å². The molecule has 0 fully saturated rings. The molecule has 0 saturated heterocycles. The minimum Gasteiger partial charge on any atom is -0.495 e. The van der Waals surface area contributed by atoms with Crippen molar-refractivity contribution in [2.24, 2.45) is 0 Å². The first kappa shape index (κ1) is 33.9. The Labute approximate surface area is 252 Å². The summed E-state index contributed by atoms with van der Waals surface area (Å²) < 4.78 is 52.8. The molecule has 238 valence electrons. The molecule has 0 bridgehead atoms. The molecule has 0 atom stereocenters. The van der Waals surface area contributed by atoms with Gasteiger partial charge in [-0.15, -0.1) is 0 Å². The van der Waals surface area contributed by atoms with Gasteiger partial charge in [0.2, 0.25) is 0 Å². The van der Waals surface area contributed by atoms with E-state index in [-0.39, 0.29) is 47.5 Å². The second kappa shape index (κ2) is 12.9. The minimum atomic E-state index is -5.32. The number of nitrogens with one attached hydrogen (secondary N) is 2. The summed E-state index contributed by atoms with van der Waals surface area (Å²) in [6, 6.07) is 6.32. The number of hydrogen-bond donors (Lipinski definition) is 2. The third-order valence-corrected chi connectivity index (χ3v) is 6.85. The number of alkyl halides is 3. The van der Waals surface area contributed by atoms with Crippen LogP contribution in [0, 0.1) is 5.41 Å². The fraction of sp³-hybridized carbons (Fsp3) is 0.433. The van der Waals surface area contributed by atoms with Crippen LogP contribution in [0.2, 0.25) is 0 Å². The smallest absolute Gasteiger partial charge is 0.491 e. The van der Waals surface area contributed by atoms with Crippen LogP contribution in [-0.4, -0.2) is 81.4 Å². The lowest BCUT2D eigenvalue weighted by atomic mass is 9.83. The van der Waals surface area contributed by atoms with Crippen molar-refractivity contribution in [3.63, 3.8) is 0 Å². The van der Waals surface area contributed by atoms with Gasteiger partial charge in [0.05, 0.1) is 31.5 Å². The number of Topliss-reactive ketones (excluding diaryl/α,β-unsaturated/α-hetero) is 1. The van der Waals surface area contributed by atoms with Gasteiger partial charge >= 0.3 is 18.1 Å². The van der Waals surface area contributed by atoms with Crippen LogP contribution in [0.3, 0.4) is 0 Å². The normalized spacial score (nSPS) is 12.9. The Bertz CT molecular complexity index is 1500. The molecule has 0 aromatic heterocycles. The lowest BCUT2D eigenvalue weighted by molar-refractivity contribution is -0.201. The van der Waals surface area contributed by atoms with E-state index in [9.17, 15) is 32.3 Å². The summed E-state index contributed by atoms with van der Waals surface area (Å²) in [6.07, 6.45) is -5.32. The molecule has 14 heteroatoms. The second-order valence-electron chi connectivity index (χ2n) is 11.1. The summed E-state index contributed by atoms with van der Waals surface area (Å²) in [5.41, 5.74) is 1.95.